The number of para-hydroxylation sites is 1. The average Bonchev–Trinajstić information content (AvgIpc) is 3.00. The van der Waals surface area contributed by atoms with E-state index in [2.05, 4.69) is 46.6 Å². The Bertz CT molecular complexity index is 721. The van der Waals surface area contributed by atoms with Gasteiger partial charge >= 0.3 is 0 Å². The lowest BCUT2D eigenvalue weighted by Gasteiger charge is -2.13. The molecule has 0 amide bonds. The summed E-state index contributed by atoms with van der Waals surface area (Å²) in [6.07, 6.45) is 3.13. The van der Waals surface area contributed by atoms with Crippen LogP contribution in [0.1, 0.15) is 11.1 Å². The van der Waals surface area contributed by atoms with Crippen LogP contribution in [0, 0.1) is 6.92 Å². The van der Waals surface area contributed by atoms with Gasteiger partial charge in [-0.1, -0.05) is 47.5 Å². The first kappa shape index (κ1) is 13.6. The molecule has 3 rings (SSSR count). The lowest BCUT2D eigenvalue weighted by Crippen LogP contribution is -2.05. The number of halogens is 1. The molecule has 1 heterocycles. The minimum absolute atomic E-state index is 0.634. The molecule has 2 aromatic carbocycles. The molecular formula is C16H15ClN4. The predicted octanol–water partition coefficient (Wildman–Crippen LogP) is 3.84. The van der Waals surface area contributed by atoms with Gasteiger partial charge in [-0.3, -0.25) is 0 Å². The van der Waals surface area contributed by atoms with Gasteiger partial charge in [-0.2, -0.15) is 5.10 Å². The summed E-state index contributed by atoms with van der Waals surface area (Å²) in [4.78, 5) is 3.97. The molecule has 106 valence electrons. The van der Waals surface area contributed by atoms with E-state index in [1.165, 1.54) is 17.5 Å². The van der Waals surface area contributed by atoms with Crippen molar-refractivity contribution in [3.63, 3.8) is 0 Å². The Kier molecular flexibility index (Phi) is 3.88. The Morgan fingerprint density at radius 1 is 1.14 bits per heavy atom. The van der Waals surface area contributed by atoms with Crippen molar-refractivity contribution < 1.29 is 0 Å². The van der Waals surface area contributed by atoms with Crippen molar-refractivity contribution >= 4 is 17.3 Å². The highest BCUT2D eigenvalue weighted by Gasteiger charge is 2.09. The third-order valence-electron chi connectivity index (χ3n) is 3.24. The molecule has 0 saturated heterocycles. The van der Waals surface area contributed by atoms with Crippen LogP contribution in [0.3, 0.4) is 0 Å². The Morgan fingerprint density at radius 3 is 2.67 bits per heavy atom. The molecule has 0 unspecified atom stereocenters. The van der Waals surface area contributed by atoms with Gasteiger partial charge in [0.15, 0.2) is 0 Å². The fourth-order valence-electron chi connectivity index (χ4n) is 2.12. The summed E-state index contributed by atoms with van der Waals surface area (Å²) in [5, 5.41) is 8.19. The van der Waals surface area contributed by atoms with Gasteiger partial charge in [-0.05, 0) is 24.6 Å². The van der Waals surface area contributed by atoms with E-state index in [9.17, 15) is 0 Å². The van der Waals surface area contributed by atoms with E-state index in [0.717, 1.165) is 17.9 Å². The van der Waals surface area contributed by atoms with Crippen LogP contribution < -0.4 is 5.32 Å². The molecule has 0 bridgehead atoms. The molecule has 0 spiro atoms. The monoisotopic (exact) mass is 298 g/mol. The van der Waals surface area contributed by atoms with E-state index in [0.29, 0.717) is 5.02 Å². The molecule has 5 heteroatoms. The molecule has 21 heavy (non-hydrogen) atoms. The predicted molar refractivity (Wildman–Crippen MR) is 84.9 cm³/mol. The van der Waals surface area contributed by atoms with E-state index in [1.54, 1.807) is 11.0 Å². The summed E-state index contributed by atoms with van der Waals surface area (Å²) in [5.74, 6) is 0. The van der Waals surface area contributed by atoms with E-state index in [1.807, 2.05) is 18.2 Å². The van der Waals surface area contributed by atoms with Crippen molar-refractivity contribution in [1.82, 2.24) is 14.8 Å². The van der Waals surface area contributed by atoms with Crippen molar-refractivity contribution in [1.29, 1.82) is 0 Å². The maximum absolute atomic E-state index is 6.29. The van der Waals surface area contributed by atoms with E-state index in [4.69, 9.17) is 11.6 Å². The summed E-state index contributed by atoms with van der Waals surface area (Å²) < 4.78 is 1.67. The first-order valence-corrected chi connectivity index (χ1v) is 7.05. The minimum Gasteiger partial charge on any atom is -0.379 e. The van der Waals surface area contributed by atoms with Gasteiger partial charge in [-0.15, -0.1) is 0 Å². The number of anilines is 1. The molecule has 0 radical (unpaired) electrons. The third-order valence-corrected chi connectivity index (χ3v) is 3.54. The highest BCUT2D eigenvalue weighted by Crippen LogP contribution is 2.28. The van der Waals surface area contributed by atoms with Gasteiger partial charge in [0.25, 0.3) is 0 Å². The van der Waals surface area contributed by atoms with Crippen LogP contribution in [0.4, 0.5) is 5.69 Å². The number of aromatic nitrogens is 3. The van der Waals surface area contributed by atoms with Gasteiger partial charge in [0.05, 0.1) is 10.7 Å². The van der Waals surface area contributed by atoms with Crippen molar-refractivity contribution in [2.75, 3.05) is 5.32 Å². The quantitative estimate of drug-likeness (QED) is 0.796. The first-order valence-electron chi connectivity index (χ1n) is 6.67. The number of hydrogen-bond donors (Lipinski definition) is 1. The Balaban J connectivity index is 1.86. The zero-order valence-electron chi connectivity index (χ0n) is 11.6. The Hall–Kier alpha value is -2.33. The Labute approximate surface area is 128 Å². The number of aryl methyl sites for hydroxylation is 1. The zero-order valence-corrected chi connectivity index (χ0v) is 12.4. The second kappa shape index (κ2) is 5.97. The zero-order chi connectivity index (χ0) is 14.7. The van der Waals surface area contributed by atoms with Crippen LogP contribution in [0.25, 0.3) is 5.69 Å². The molecular weight excluding hydrogens is 284 g/mol. The lowest BCUT2D eigenvalue weighted by molar-refractivity contribution is 0.878. The standard InChI is InChI=1S/C16H15ClN4/c1-12-5-7-13(8-6-12)9-19-15-4-2-3-14(17)16(15)21-11-18-10-20-21/h2-8,10-11,19H,9H2,1H3. The van der Waals surface area contributed by atoms with Gasteiger partial charge in [0, 0.05) is 6.54 Å². The fraction of sp³-hybridized carbons (Fsp3) is 0.125. The molecule has 0 aliphatic rings. The van der Waals surface area contributed by atoms with Crippen molar-refractivity contribution in [2.45, 2.75) is 13.5 Å². The average molecular weight is 299 g/mol. The number of rotatable bonds is 4. The number of nitrogens with one attached hydrogen (secondary N) is 1. The van der Waals surface area contributed by atoms with Gasteiger partial charge in [-0.25, -0.2) is 9.67 Å². The number of benzene rings is 2. The number of hydrogen-bond acceptors (Lipinski definition) is 3. The molecule has 1 aromatic heterocycles. The van der Waals surface area contributed by atoms with Crippen LogP contribution in [-0.4, -0.2) is 14.8 Å². The molecule has 0 aliphatic carbocycles. The molecule has 0 aliphatic heterocycles. The first-order chi connectivity index (χ1) is 10.2. The smallest absolute Gasteiger partial charge is 0.138 e. The second-order valence-corrected chi connectivity index (χ2v) is 5.22. The maximum atomic E-state index is 6.29. The van der Waals surface area contributed by atoms with Crippen LogP contribution in [0.2, 0.25) is 5.02 Å². The molecule has 0 saturated carbocycles. The molecule has 0 atom stereocenters. The van der Waals surface area contributed by atoms with Crippen molar-refractivity contribution in [3.8, 4) is 5.69 Å². The summed E-state index contributed by atoms with van der Waals surface area (Å²) >= 11 is 6.29. The highest BCUT2D eigenvalue weighted by atomic mass is 35.5. The Morgan fingerprint density at radius 2 is 1.95 bits per heavy atom. The van der Waals surface area contributed by atoms with Gasteiger partial charge < -0.3 is 5.32 Å². The van der Waals surface area contributed by atoms with Crippen LogP contribution in [-0.2, 0) is 6.54 Å². The van der Waals surface area contributed by atoms with Crippen molar-refractivity contribution in [3.05, 3.63) is 71.3 Å². The fourth-order valence-corrected chi connectivity index (χ4v) is 2.38. The normalized spacial score (nSPS) is 10.6. The van der Waals surface area contributed by atoms with Crippen molar-refractivity contribution in [2.24, 2.45) is 0 Å². The summed E-state index contributed by atoms with van der Waals surface area (Å²) in [6.45, 7) is 2.80. The van der Waals surface area contributed by atoms with Crippen LogP contribution in [0.5, 0.6) is 0 Å². The van der Waals surface area contributed by atoms with E-state index >= 15 is 0 Å². The summed E-state index contributed by atoms with van der Waals surface area (Å²) in [5.41, 5.74) is 4.20. The van der Waals surface area contributed by atoms with E-state index in [-0.39, 0.29) is 0 Å². The van der Waals surface area contributed by atoms with E-state index < -0.39 is 0 Å². The summed E-state index contributed by atoms with van der Waals surface area (Å²) in [6, 6.07) is 14.2. The number of nitrogens with zero attached hydrogens (tertiary/aromatic N) is 3. The molecule has 3 aromatic rings. The summed E-state index contributed by atoms with van der Waals surface area (Å²) in [7, 11) is 0. The van der Waals surface area contributed by atoms with Gasteiger partial charge in [0.2, 0.25) is 0 Å². The largest absolute Gasteiger partial charge is 0.379 e. The molecule has 4 nitrogen and oxygen atoms in total. The van der Waals surface area contributed by atoms with Crippen LogP contribution >= 0.6 is 11.6 Å². The minimum atomic E-state index is 0.634. The second-order valence-electron chi connectivity index (χ2n) is 4.82. The molecule has 1 N–H and O–H groups in total. The third kappa shape index (κ3) is 3.06. The topological polar surface area (TPSA) is 42.7 Å². The SMILES string of the molecule is Cc1ccc(CNc2cccc(Cl)c2-n2cncn2)cc1. The lowest BCUT2D eigenvalue weighted by atomic mass is 10.1. The maximum Gasteiger partial charge on any atom is 0.138 e. The van der Waals surface area contributed by atoms with Crippen LogP contribution in [0.15, 0.2) is 55.1 Å². The van der Waals surface area contributed by atoms with Gasteiger partial charge in [0.1, 0.15) is 18.3 Å². The molecule has 0 fully saturated rings. The highest BCUT2D eigenvalue weighted by molar-refractivity contribution is 6.33.